The minimum atomic E-state index is 0.190. The first-order valence-corrected chi connectivity index (χ1v) is 8.22. The first kappa shape index (κ1) is 14.2. The molecule has 0 spiro atoms. The summed E-state index contributed by atoms with van der Waals surface area (Å²) in [7, 11) is 0. The Labute approximate surface area is 138 Å². The van der Waals surface area contributed by atoms with Crippen molar-refractivity contribution in [1.29, 1.82) is 0 Å². The van der Waals surface area contributed by atoms with Crippen molar-refractivity contribution >= 4 is 39.9 Å². The number of benzene rings is 2. The molecule has 20 heavy (non-hydrogen) atoms. The van der Waals surface area contributed by atoms with Crippen LogP contribution >= 0.6 is 34.2 Å². The van der Waals surface area contributed by atoms with Crippen LogP contribution in [0.3, 0.4) is 0 Å². The third-order valence-corrected chi connectivity index (χ3v) is 5.01. The van der Waals surface area contributed by atoms with Gasteiger partial charge in [-0.25, -0.2) is 0 Å². The maximum Gasteiger partial charge on any atom is 0.0648 e. The van der Waals surface area contributed by atoms with E-state index in [-0.39, 0.29) is 5.41 Å². The summed E-state index contributed by atoms with van der Waals surface area (Å²) in [6.45, 7) is 4.62. The summed E-state index contributed by atoms with van der Waals surface area (Å²) in [4.78, 5) is 0. The van der Waals surface area contributed by atoms with Crippen molar-refractivity contribution in [2.45, 2.75) is 26.3 Å². The standard InChI is InChI=1S/C17H17ClIN/c1-17(2)10-11-5-3-4-6-13(11)16(17)20-15-8-7-12(19)9-14(15)18/h3-9,16,20H,10H2,1-2H3. The fraction of sp³-hybridized carbons (Fsp3) is 0.294. The summed E-state index contributed by atoms with van der Waals surface area (Å²) < 4.78 is 1.16. The van der Waals surface area contributed by atoms with Crippen molar-refractivity contribution in [3.05, 3.63) is 62.2 Å². The van der Waals surface area contributed by atoms with Gasteiger partial charge < -0.3 is 5.32 Å². The van der Waals surface area contributed by atoms with Crippen molar-refractivity contribution in [3.63, 3.8) is 0 Å². The molecule has 0 radical (unpaired) electrons. The predicted molar refractivity (Wildman–Crippen MR) is 94.5 cm³/mol. The molecule has 1 nitrogen and oxygen atoms in total. The number of halogens is 2. The van der Waals surface area contributed by atoms with Gasteiger partial charge in [0, 0.05) is 3.57 Å². The smallest absolute Gasteiger partial charge is 0.0648 e. The molecule has 1 aliphatic rings. The van der Waals surface area contributed by atoms with Gasteiger partial charge in [0.25, 0.3) is 0 Å². The second-order valence-electron chi connectivity index (χ2n) is 6.07. The fourth-order valence-corrected chi connectivity index (χ4v) is 3.94. The molecule has 0 bridgehead atoms. The van der Waals surface area contributed by atoms with Gasteiger partial charge in [-0.05, 0) is 63.8 Å². The molecule has 0 fully saturated rings. The Bertz CT molecular complexity index is 651. The van der Waals surface area contributed by atoms with E-state index in [0.29, 0.717) is 6.04 Å². The second-order valence-corrected chi connectivity index (χ2v) is 7.72. The average Bonchev–Trinajstić information content (AvgIpc) is 2.63. The van der Waals surface area contributed by atoms with E-state index >= 15 is 0 Å². The maximum absolute atomic E-state index is 6.36. The largest absolute Gasteiger partial charge is 0.376 e. The molecule has 1 aliphatic carbocycles. The van der Waals surface area contributed by atoms with Crippen LogP contribution in [-0.2, 0) is 6.42 Å². The SMILES string of the molecule is CC1(C)Cc2ccccc2C1Nc1ccc(I)cc1Cl. The summed E-state index contributed by atoms with van der Waals surface area (Å²) in [5.74, 6) is 0. The number of nitrogens with one attached hydrogen (secondary N) is 1. The minimum Gasteiger partial charge on any atom is -0.376 e. The molecule has 0 saturated carbocycles. The van der Waals surface area contributed by atoms with Gasteiger partial charge in [-0.1, -0.05) is 49.7 Å². The zero-order valence-corrected chi connectivity index (χ0v) is 14.5. The van der Waals surface area contributed by atoms with Crippen molar-refractivity contribution in [1.82, 2.24) is 0 Å². The molecule has 0 saturated heterocycles. The van der Waals surface area contributed by atoms with E-state index in [1.165, 1.54) is 11.1 Å². The van der Waals surface area contributed by atoms with Crippen molar-refractivity contribution in [2.24, 2.45) is 5.41 Å². The van der Waals surface area contributed by atoms with E-state index in [0.717, 1.165) is 20.7 Å². The van der Waals surface area contributed by atoms with Crippen LogP contribution in [-0.4, -0.2) is 0 Å². The predicted octanol–water partition coefficient (Wildman–Crippen LogP) is 5.68. The van der Waals surface area contributed by atoms with Gasteiger partial charge in [0.05, 0.1) is 16.8 Å². The van der Waals surface area contributed by atoms with Crippen LogP contribution in [0.2, 0.25) is 5.02 Å². The van der Waals surface area contributed by atoms with Gasteiger partial charge in [-0.2, -0.15) is 0 Å². The lowest BCUT2D eigenvalue weighted by atomic mass is 9.85. The lowest BCUT2D eigenvalue weighted by Crippen LogP contribution is -2.24. The molecule has 1 unspecified atom stereocenters. The van der Waals surface area contributed by atoms with Crippen molar-refractivity contribution in [2.75, 3.05) is 5.32 Å². The van der Waals surface area contributed by atoms with Crippen molar-refractivity contribution < 1.29 is 0 Å². The number of hydrogen-bond donors (Lipinski definition) is 1. The van der Waals surface area contributed by atoms with Gasteiger partial charge in [0.1, 0.15) is 0 Å². The monoisotopic (exact) mass is 397 g/mol. The molecule has 1 atom stereocenters. The Kier molecular flexibility index (Phi) is 3.71. The Hall–Kier alpha value is -0.740. The summed E-state index contributed by atoms with van der Waals surface area (Å²) in [6.07, 6.45) is 1.10. The maximum atomic E-state index is 6.36. The Morgan fingerprint density at radius 3 is 2.70 bits per heavy atom. The fourth-order valence-electron chi connectivity index (χ4n) is 3.03. The first-order valence-electron chi connectivity index (χ1n) is 6.77. The quantitative estimate of drug-likeness (QED) is 0.643. The molecule has 2 aromatic rings. The van der Waals surface area contributed by atoms with E-state index in [4.69, 9.17) is 11.6 Å². The topological polar surface area (TPSA) is 12.0 Å². The van der Waals surface area contributed by atoms with E-state index in [2.05, 4.69) is 78.2 Å². The first-order chi connectivity index (χ1) is 9.47. The molecule has 0 aliphatic heterocycles. The molecule has 3 heteroatoms. The van der Waals surface area contributed by atoms with Gasteiger partial charge in [0.2, 0.25) is 0 Å². The van der Waals surface area contributed by atoms with E-state index in [9.17, 15) is 0 Å². The van der Waals surface area contributed by atoms with Crippen LogP contribution in [0.4, 0.5) is 5.69 Å². The molecular formula is C17H17ClIN. The third-order valence-electron chi connectivity index (χ3n) is 4.02. The lowest BCUT2D eigenvalue weighted by Gasteiger charge is -2.30. The van der Waals surface area contributed by atoms with Crippen LogP contribution < -0.4 is 5.32 Å². The second kappa shape index (κ2) is 5.23. The highest BCUT2D eigenvalue weighted by Crippen LogP contribution is 2.47. The Morgan fingerprint density at radius 1 is 1.20 bits per heavy atom. The van der Waals surface area contributed by atoms with Gasteiger partial charge in [0.15, 0.2) is 0 Å². The number of anilines is 1. The molecule has 2 aromatic carbocycles. The zero-order chi connectivity index (χ0) is 14.3. The molecule has 1 N–H and O–H groups in total. The van der Waals surface area contributed by atoms with E-state index < -0.39 is 0 Å². The highest BCUT2D eigenvalue weighted by atomic mass is 127. The van der Waals surface area contributed by atoms with Gasteiger partial charge in [-0.3, -0.25) is 0 Å². The molecule has 104 valence electrons. The summed E-state index contributed by atoms with van der Waals surface area (Å²) >= 11 is 8.64. The summed E-state index contributed by atoms with van der Waals surface area (Å²) in [5.41, 5.74) is 4.04. The number of rotatable bonds is 2. The minimum absolute atomic E-state index is 0.190. The molecule has 0 amide bonds. The van der Waals surface area contributed by atoms with E-state index in [1.54, 1.807) is 0 Å². The van der Waals surface area contributed by atoms with Gasteiger partial charge >= 0.3 is 0 Å². The van der Waals surface area contributed by atoms with Crippen LogP contribution in [0.5, 0.6) is 0 Å². The highest BCUT2D eigenvalue weighted by molar-refractivity contribution is 14.1. The molecule has 0 heterocycles. The highest BCUT2D eigenvalue weighted by Gasteiger charge is 2.38. The third kappa shape index (κ3) is 2.56. The Balaban J connectivity index is 1.97. The molecule has 3 rings (SSSR count). The summed E-state index contributed by atoms with van der Waals surface area (Å²) in [5, 5.41) is 4.44. The molecular weight excluding hydrogens is 381 g/mol. The normalized spacial score (nSPS) is 19.7. The lowest BCUT2D eigenvalue weighted by molar-refractivity contribution is 0.337. The van der Waals surface area contributed by atoms with Crippen LogP contribution in [0.25, 0.3) is 0 Å². The van der Waals surface area contributed by atoms with Crippen molar-refractivity contribution in [3.8, 4) is 0 Å². The van der Waals surface area contributed by atoms with Crippen LogP contribution in [0.1, 0.15) is 31.0 Å². The zero-order valence-electron chi connectivity index (χ0n) is 11.6. The summed E-state index contributed by atoms with van der Waals surface area (Å²) in [6, 6.07) is 15.1. The van der Waals surface area contributed by atoms with Crippen LogP contribution in [0.15, 0.2) is 42.5 Å². The average molecular weight is 398 g/mol. The van der Waals surface area contributed by atoms with Gasteiger partial charge in [-0.15, -0.1) is 0 Å². The van der Waals surface area contributed by atoms with Crippen LogP contribution in [0, 0.1) is 8.99 Å². The number of hydrogen-bond acceptors (Lipinski definition) is 1. The molecule has 0 aromatic heterocycles. The van der Waals surface area contributed by atoms with E-state index in [1.807, 2.05) is 6.07 Å². The number of fused-ring (bicyclic) bond motifs is 1. The Morgan fingerprint density at radius 2 is 1.95 bits per heavy atom.